The van der Waals surface area contributed by atoms with E-state index >= 15 is 0 Å². The zero-order valence-electron chi connectivity index (χ0n) is 9.92. The summed E-state index contributed by atoms with van der Waals surface area (Å²) in [5, 5.41) is 3.91. The van der Waals surface area contributed by atoms with Crippen LogP contribution in [0, 0.1) is 0 Å². The third-order valence-corrected chi connectivity index (χ3v) is 2.44. The quantitative estimate of drug-likeness (QED) is 0.833. The fourth-order valence-electron chi connectivity index (χ4n) is 1.43. The smallest absolute Gasteiger partial charge is 0.160 e. The van der Waals surface area contributed by atoms with Crippen molar-refractivity contribution in [1.82, 2.24) is 0 Å². The normalized spacial score (nSPS) is 12.2. The van der Waals surface area contributed by atoms with Gasteiger partial charge in [0, 0.05) is 12.6 Å². The zero-order valence-corrected chi connectivity index (χ0v) is 10.7. The Balaban J connectivity index is 2.69. The molecule has 0 radical (unpaired) electrons. The average molecular weight is 244 g/mol. The lowest BCUT2D eigenvalue weighted by Gasteiger charge is -2.17. The topological polar surface area (TPSA) is 30.5 Å². The molecule has 0 saturated carbocycles. The number of methoxy groups -OCH3 is 1. The van der Waals surface area contributed by atoms with Gasteiger partial charge in [0.15, 0.2) is 5.75 Å². The molecule has 0 aromatic heterocycles. The summed E-state index contributed by atoms with van der Waals surface area (Å²) >= 11 is 6.02. The number of ether oxygens (including phenoxy) is 2. The third-order valence-electron chi connectivity index (χ3n) is 2.14. The summed E-state index contributed by atoms with van der Waals surface area (Å²) in [4.78, 5) is 0. The summed E-state index contributed by atoms with van der Waals surface area (Å²) < 4.78 is 10.6. The number of nitrogens with one attached hydrogen (secondary N) is 1. The SMILES string of the molecule is CCOCC(C)Nc1cccc(Cl)c1OC. The van der Waals surface area contributed by atoms with Crippen LogP contribution in [0.4, 0.5) is 5.69 Å². The molecule has 0 bridgehead atoms. The van der Waals surface area contributed by atoms with Crippen molar-refractivity contribution in [1.29, 1.82) is 0 Å². The lowest BCUT2D eigenvalue weighted by Crippen LogP contribution is -2.22. The Kier molecular flexibility index (Phi) is 5.43. The van der Waals surface area contributed by atoms with Crippen LogP contribution < -0.4 is 10.1 Å². The van der Waals surface area contributed by atoms with E-state index in [1.54, 1.807) is 13.2 Å². The Morgan fingerprint density at radius 3 is 2.81 bits per heavy atom. The second-order valence-electron chi connectivity index (χ2n) is 3.53. The fourth-order valence-corrected chi connectivity index (χ4v) is 1.68. The molecule has 4 heteroatoms. The highest BCUT2D eigenvalue weighted by atomic mass is 35.5. The van der Waals surface area contributed by atoms with Crippen LogP contribution in [0.2, 0.25) is 5.02 Å². The van der Waals surface area contributed by atoms with Crippen molar-refractivity contribution in [3.05, 3.63) is 23.2 Å². The van der Waals surface area contributed by atoms with E-state index in [1.165, 1.54) is 0 Å². The molecule has 0 aliphatic rings. The molecular formula is C12H18ClNO2. The Morgan fingerprint density at radius 2 is 2.19 bits per heavy atom. The maximum Gasteiger partial charge on any atom is 0.160 e. The first kappa shape index (κ1) is 13.1. The van der Waals surface area contributed by atoms with Crippen LogP contribution in [0.3, 0.4) is 0 Å². The maximum atomic E-state index is 6.02. The van der Waals surface area contributed by atoms with Gasteiger partial charge in [0.25, 0.3) is 0 Å². The van der Waals surface area contributed by atoms with Crippen LogP contribution in [0.15, 0.2) is 18.2 Å². The van der Waals surface area contributed by atoms with Crippen LogP contribution in [0.5, 0.6) is 5.75 Å². The van der Waals surface area contributed by atoms with Crippen LogP contribution in [-0.4, -0.2) is 26.4 Å². The van der Waals surface area contributed by atoms with E-state index in [-0.39, 0.29) is 6.04 Å². The number of hydrogen-bond donors (Lipinski definition) is 1. The van der Waals surface area contributed by atoms with Gasteiger partial charge in [-0.05, 0) is 26.0 Å². The highest BCUT2D eigenvalue weighted by Gasteiger charge is 2.09. The maximum absolute atomic E-state index is 6.02. The molecule has 0 aliphatic carbocycles. The van der Waals surface area contributed by atoms with Crippen molar-refractivity contribution < 1.29 is 9.47 Å². The Hall–Kier alpha value is -0.930. The van der Waals surface area contributed by atoms with Gasteiger partial charge in [-0.15, -0.1) is 0 Å². The van der Waals surface area contributed by atoms with Crippen LogP contribution in [0.1, 0.15) is 13.8 Å². The van der Waals surface area contributed by atoms with Crippen molar-refractivity contribution >= 4 is 17.3 Å². The molecule has 0 aliphatic heterocycles. The van der Waals surface area contributed by atoms with E-state index in [4.69, 9.17) is 21.1 Å². The molecular weight excluding hydrogens is 226 g/mol. The van der Waals surface area contributed by atoms with E-state index < -0.39 is 0 Å². The predicted molar refractivity (Wildman–Crippen MR) is 67.6 cm³/mol. The molecule has 0 spiro atoms. The highest BCUT2D eigenvalue weighted by molar-refractivity contribution is 6.32. The Bertz CT molecular complexity index is 331. The number of hydrogen-bond acceptors (Lipinski definition) is 3. The lowest BCUT2D eigenvalue weighted by atomic mass is 10.2. The molecule has 0 saturated heterocycles. The molecule has 0 heterocycles. The molecule has 1 atom stereocenters. The van der Waals surface area contributed by atoms with Gasteiger partial charge in [-0.2, -0.15) is 0 Å². The minimum atomic E-state index is 0.215. The number of benzene rings is 1. The van der Waals surface area contributed by atoms with Gasteiger partial charge < -0.3 is 14.8 Å². The number of halogens is 1. The van der Waals surface area contributed by atoms with Gasteiger partial charge >= 0.3 is 0 Å². The van der Waals surface area contributed by atoms with Crippen molar-refractivity contribution in [2.24, 2.45) is 0 Å². The zero-order chi connectivity index (χ0) is 12.0. The van der Waals surface area contributed by atoms with Crippen LogP contribution in [-0.2, 0) is 4.74 Å². The highest BCUT2D eigenvalue weighted by Crippen LogP contribution is 2.32. The fraction of sp³-hybridized carbons (Fsp3) is 0.500. The Morgan fingerprint density at radius 1 is 1.44 bits per heavy atom. The largest absolute Gasteiger partial charge is 0.493 e. The number of para-hydroxylation sites is 1. The predicted octanol–water partition coefficient (Wildman–Crippen LogP) is 3.19. The van der Waals surface area contributed by atoms with Crippen molar-refractivity contribution in [2.75, 3.05) is 25.6 Å². The first-order valence-electron chi connectivity index (χ1n) is 5.35. The van der Waals surface area contributed by atoms with Crippen molar-refractivity contribution in [3.63, 3.8) is 0 Å². The van der Waals surface area contributed by atoms with Gasteiger partial charge in [0.2, 0.25) is 0 Å². The van der Waals surface area contributed by atoms with E-state index in [0.717, 1.165) is 12.3 Å². The summed E-state index contributed by atoms with van der Waals surface area (Å²) in [6.07, 6.45) is 0. The van der Waals surface area contributed by atoms with Gasteiger partial charge in [0.1, 0.15) is 0 Å². The summed E-state index contributed by atoms with van der Waals surface area (Å²) in [6, 6.07) is 5.85. The molecule has 3 nitrogen and oxygen atoms in total. The molecule has 16 heavy (non-hydrogen) atoms. The first-order valence-corrected chi connectivity index (χ1v) is 5.73. The summed E-state index contributed by atoms with van der Waals surface area (Å²) in [5.41, 5.74) is 0.891. The minimum Gasteiger partial charge on any atom is -0.493 e. The van der Waals surface area contributed by atoms with Gasteiger partial charge in [-0.25, -0.2) is 0 Å². The van der Waals surface area contributed by atoms with E-state index in [0.29, 0.717) is 17.4 Å². The molecule has 0 amide bonds. The summed E-state index contributed by atoms with van der Waals surface area (Å²) in [7, 11) is 1.61. The van der Waals surface area contributed by atoms with Gasteiger partial charge in [0.05, 0.1) is 24.4 Å². The molecule has 1 aromatic rings. The Labute approximate surface area is 102 Å². The summed E-state index contributed by atoms with van der Waals surface area (Å²) in [5.74, 6) is 0.674. The molecule has 1 rings (SSSR count). The lowest BCUT2D eigenvalue weighted by molar-refractivity contribution is 0.141. The molecule has 0 fully saturated rings. The number of rotatable bonds is 6. The molecule has 1 aromatic carbocycles. The average Bonchev–Trinajstić information content (AvgIpc) is 2.27. The molecule has 1 N–H and O–H groups in total. The first-order chi connectivity index (χ1) is 7.69. The molecule has 1 unspecified atom stereocenters. The van der Waals surface area contributed by atoms with Crippen molar-refractivity contribution in [3.8, 4) is 5.75 Å². The van der Waals surface area contributed by atoms with E-state index in [1.807, 2.05) is 19.1 Å². The third kappa shape index (κ3) is 3.58. The van der Waals surface area contributed by atoms with Crippen LogP contribution in [0.25, 0.3) is 0 Å². The van der Waals surface area contributed by atoms with E-state index in [9.17, 15) is 0 Å². The van der Waals surface area contributed by atoms with Gasteiger partial charge in [-0.3, -0.25) is 0 Å². The standard InChI is InChI=1S/C12H18ClNO2/c1-4-16-8-9(2)14-11-7-5-6-10(13)12(11)15-3/h5-7,9,14H,4,8H2,1-3H3. The monoisotopic (exact) mass is 243 g/mol. The minimum absolute atomic E-state index is 0.215. The second-order valence-corrected chi connectivity index (χ2v) is 3.93. The molecule has 90 valence electrons. The summed E-state index contributed by atoms with van der Waals surface area (Å²) in [6.45, 7) is 5.41. The van der Waals surface area contributed by atoms with Gasteiger partial charge in [-0.1, -0.05) is 17.7 Å². The second kappa shape index (κ2) is 6.61. The number of anilines is 1. The van der Waals surface area contributed by atoms with Crippen LogP contribution >= 0.6 is 11.6 Å². The van der Waals surface area contributed by atoms with E-state index in [2.05, 4.69) is 12.2 Å². The van der Waals surface area contributed by atoms with Crippen molar-refractivity contribution in [2.45, 2.75) is 19.9 Å².